The van der Waals surface area contributed by atoms with Crippen molar-refractivity contribution in [2.75, 3.05) is 11.4 Å². The van der Waals surface area contributed by atoms with E-state index in [0.717, 1.165) is 5.56 Å². The molecule has 0 spiro atoms. The highest BCUT2D eigenvalue weighted by Crippen LogP contribution is 2.28. The number of phenols is 1. The van der Waals surface area contributed by atoms with E-state index in [1.807, 2.05) is 13.8 Å². The van der Waals surface area contributed by atoms with Crippen LogP contribution < -0.4 is 4.90 Å². The van der Waals surface area contributed by atoms with Gasteiger partial charge in [0.15, 0.2) is 0 Å². The summed E-state index contributed by atoms with van der Waals surface area (Å²) in [6.07, 6.45) is -0.0920. The van der Waals surface area contributed by atoms with Gasteiger partial charge in [-0.2, -0.15) is 0 Å². The van der Waals surface area contributed by atoms with Crippen LogP contribution in [0.4, 0.5) is 5.69 Å². The molecule has 20 heavy (non-hydrogen) atoms. The number of aryl methyl sites for hydroxylation is 1. The first-order chi connectivity index (χ1) is 9.19. The largest absolute Gasteiger partial charge is 0.508 e. The number of aliphatic carboxylic acids is 1. The number of rotatable bonds is 5. The number of carbonyl (C=O) groups excluding carboxylic acids is 1. The Kier molecular flexibility index (Phi) is 4.76. The van der Waals surface area contributed by atoms with E-state index < -0.39 is 11.4 Å². The minimum Gasteiger partial charge on any atom is -0.508 e. The molecule has 0 aromatic heterocycles. The van der Waals surface area contributed by atoms with E-state index in [9.17, 15) is 14.7 Å². The molecule has 1 aromatic rings. The average molecular weight is 279 g/mol. The van der Waals surface area contributed by atoms with Crippen LogP contribution in [0.1, 0.15) is 32.8 Å². The minimum atomic E-state index is -1.12. The number of aromatic hydroxyl groups is 1. The molecular weight excluding hydrogens is 258 g/mol. The molecule has 1 aromatic carbocycles. The van der Waals surface area contributed by atoms with Crippen LogP contribution in [0.15, 0.2) is 18.2 Å². The Hall–Kier alpha value is -2.04. The van der Waals surface area contributed by atoms with E-state index in [4.69, 9.17) is 5.11 Å². The molecular formula is C15H21NO4. The second kappa shape index (κ2) is 5.94. The molecule has 5 nitrogen and oxygen atoms in total. The minimum absolute atomic E-state index is 0.0781. The van der Waals surface area contributed by atoms with E-state index >= 15 is 0 Å². The Balaban J connectivity index is 3.05. The standard InChI is InChI=1S/C15H21NO4/c1-5-16(12-8-11(17)7-6-10(12)2)13(18)9-15(3,4)14(19)20/h6-8,17H,5,9H2,1-4H3,(H,19,20). The zero-order chi connectivity index (χ0) is 15.5. The number of hydrogen-bond donors (Lipinski definition) is 2. The SMILES string of the molecule is CCN(C(=O)CC(C)(C)C(=O)O)c1cc(O)ccc1C. The summed E-state index contributed by atoms with van der Waals surface area (Å²) in [5.74, 6) is -1.20. The zero-order valence-corrected chi connectivity index (χ0v) is 12.3. The van der Waals surface area contributed by atoms with Gasteiger partial charge in [0.2, 0.25) is 5.91 Å². The van der Waals surface area contributed by atoms with Crippen LogP contribution in [0.2, 0.25) is 0 Å². The lowest BCUT2D eigenvalue weighted by Crippen LogP contribution is -2.37. The number of benzene rings is 1. The van der Waals surface area contributed by atoms with Crippen LogP contribution in [0, 0.1) is 12.3 Å². The fourth-order valence-electron chi connectivity index (χ4n) is 1.92. The Bertz CT molecular complexity index is 523. The molecule has 0 heterocycles. The zero-order valence-electron chi connectivity index (χ0n) is 12.3. The third kappa shape index (κ3) is 3.50. The van der Waals surface area contributed by atoms with Gasteiger partial charge in [-0.3, -0.25) is 9.59 Å². The lowest BCUT2D eigenvalue weighted by Gasteiger charge is -2.27. The monoisotopic (exact) mass is 279 g/mol. The highest BCUT2D eigenvalue weighted by molar-refractivity contribution is 5.96. The fraction of sp³-hybridized carbons (Fsp3) is 0.467. The van der Waals surface area contributed by atoms with Crippen LogP contribution in [0.25, 0.3) is 0 Å². The number of nitrogens with zero attached hydrogens (tertiary/aromatic N) is 1. The van der Waals surface area contributed by atoms with Crippen molar-refractivity contribution in [1.29, 1.82) is 0 Å². The molecule has 110 valence electrons. The molecule has 0 saturated heterocycles. The predicted octanol–water partition coefficient (Wildman–Crippen LogP) is 2.55. The molecule has 0 saturated carbocycles. The van der Waals surface area contributed by atoms with Gasteiger partial charge in [0, 0.05) is 19.0 Å². The van der Waals surface area contributed by atoms with E-state index in [1.165, 1.54) is 24.8 Å². The summed E-state index contributed by atoms with van der Waals surface area (Å²) >= 11 is 0. The highest BCUT2D eigenvalue weighted by atomic mass is 16.4. The molecule has 1 rings (SSSR count). The van der Waals surface area contributed by atoms with Crippen molar-refractivity contribution < 1.29 is 19.8 Å². The number of carboxylic acids is 1. The smallest absolute Gasteiger partial charge is 0.309 e. The predicted molar refractivity (Wildman–Crippen MR) is 76.9 cm³/mol. The highest BCUT2D eigenvalue weighted by Gasteiger charge is 2.32. The maximum Gasteiger partial charge on any atom is 0.309 e. The number of carboxylic acid groups (broad SMARTS) is 1. The van der Waals surface area contributed by atoms with Gasteiger partial charge in [-0.25, -0.2) is 0 Å². The third-order valence-corrected chi connectivity index (χ3v) is 3.27. The number of phenolic OH excluding ortho intramolecular Hbond substituents is 1. The van der Waals surface area contributed by atoms with Crippen molar-refractivity contribution in [3.63, 3.8) is 0 Å². The Morgan fingerprint density at radius 2 is 1.90 bits per heavy atom. The summed E-state index contributed by atoms with van der Waals surface area (Å²) in [7, 11) is 0. The summed E-state index contributed by atoms with van der Waals surface area (Å²) in [4.78, 5) is 25.0. The molecule has 0 unspecified atom stereocenters. The third-order valence-electron chi connectivity index (χ3n) is 3.27. The summed E-state index contributed by atoms with van der Waals surface area (Å²) < 4.78 is 0. The van der Waals surface area contributed by atoms with Gasteiger partial charge in [-0.05, 0) is 39.3 Å². The Labute approximate surface area is 118 Å². The molecule has 0 aliphatic carbocycles. The molecule has 1 amide bonds. The van der Waals surface area contributed by atoms with Crippen molar-refractivity contribution in [1.82, 2.24) is 0 Å². The van der Waals surface area contributed by atoms with E-state index in [1.54, 1.807) is 12.1 Å². The van der Waals surface area contributed by atoms with E-state index in [-0.39, 0.29) is 18.1 Å². The maximum absolute atomic E-state index is 12.3. The fourth-order valence-corrected chi connectivity index (χ4v) is 1.92. The van der Waals surface area contributed by atoms with Crippen molar-refractivity contribution in [3.8, 4) is 5.75 Å². The second-order valence-electron chi connectivity index (χ2n) is 5.47. The van der Waals surface area contributed by atoms with Gasteiger partial charge in [0.1, 0.15) is 5.75 Å². The van der Waals surface area contributed by atoms with Crippen molar-refractivity contribution in [2.45, 2.75) is 34.1 Å². The van der Waals surface area contributed by atoms with Crippen molar-refractivity contribution in [3.05, 3.63) is 23.8 Å². The van der Waals surface area contributed by atoms with Crippen molar-refractivity contribution in [2.24, 2.45) is 5.41 Å². The number of amides is 1. The Morgan fingerprint density at radius 3 is 2.40 bits per heavy atom. The lowest BCUT2D eigenvalue weighted by molar-refractivity contribution is -0.149. The summed E-state index contributed by atoms with van der Waals surface area (Å²) in [6, 6.07) is 4.80. The molecule has 0 fully saturated rings. The molecule has 0 atom stereocenters. The van der Waals surface area contributed by atoms with Crippen LogP contribution in [0.5, 0.6) is 5.75 Å². The lowest BCUT2D eigenvalue weighted by atomic mass is 9.89. The molecule has 0 aliphatic rings. The molecule has 2 N–H and O–H groups in total. The van der Waals surface area contributed by atoms with E-state index in [2.05, 4.69) is 0 Å². The summed E-state index contributed by atoms with van der Waals surface area (Å²) in [6.45, 7) is 7.12. The van der Waals surface area contributed by atoms with Gasteiger partial charge < -0.3 is 15.1 Å². The van der Waals surface area contributed by atoms with Gasteiger partial charge >= 0.3 is 5.97 Å². The first kappa shape index (κ1) is 16.0. The van der Waals surface area contributed by atoms with Gasteiger partial charge in [-0.15, -0.1) is 0 Å². The summed E-state index contributed by atoms with van der Waals surface area (Å²) in [5.41, 5.74) is 0.347. The number of hydrogen-bond acceptors (Lipinski definition) is 3. The molecule has 0 radical (unpaired) electrons. The maximum atomic E-state index is 12.3. The van der Waals surface area contributed by atoms with Gasteiger partial charge in [-0.1, -0.05) is 6.07 Å². The Morgan fingerprint density at radius 1 is 1.30 bits per heavy atom. The van der Waals surface area contributed by atoms with E-state index in [0.29, 0.717) is 12.2 Å². The molecule has 0 bridgehead atoms. The number of anilines is 1. The van der Waals surface area contributed by atoms with Crippen LogP contribution in [0.3, 0.4) is 0 Å². The van der Waals surface area contributed by atoms with Crippen molar-refractivity contribution >= 4 is 17.6 Å². The average Bonchev–Trinajstić information content (AvgIpc) is 2.33. The van der Waals surface area contributed by atoms with Gasteiger partial charge in [0.05, 0.1) is 11.1 Å². The topological polar surface area (TPSA) is 77.8 Å². The molecule has 5 heteroatoms. The van der Waals surface area contributed by atoms with Crippen LogP contribution in [-0.4, -0.2) is 28.6 Å². The molecule has 0 aliphatic heterocycles. The first-order valence-corrected chi connectivity index (χ1v) is 6.52. The quantitative estimate of drug-likeness (QED) is 0.868. The summed E-state index contributed by atoms with van der Waals surface area (Å²) in [5, 5.41) is 18.7. The van der Waals surface area contributed by atoms with Gasteiger partial charge in [0.25, 0.3) is 0 Å². The first-order valence-electron chi connectivity index (χ1n) is 6.52. The normalized spacial score (nSPS) is 11.2. The second-order valence-corrected chi connectivity index (χ2v) is 5.47. The number of carbonyl (C=O) groups is 2. The van der Waals surface area contributed by atoms with Crippen LogP contribution in [-0.2, 0) is 9.59 Å². The van der Waals surface area contributed by atoms with Crippen LogP contribution >= 0.6 is 0 Å².